The number of halogens is 1. The maximum Gasteiger partial charge on any atom is 0.225 e. The minimum absolute atomic E-state index is 0. The first-order chi connectivity index (χ1) is 10.3. The minimum atomic E-state index is -3.03. The van der Waals surface area contributed by atoms with Crippen LogP contribution in [0.2, 0.25) is 0 Å². The average Bonchev–Trinajstić information content (AvgIpc) is 3.21. The van der Waals surface area contributed by atoms with Crippen molar-refractivity contribution in [1.29, 1.82) is 0 Å². The second kappa shape index (κ2) is 7.28. The van der Waals surface area contributed by atoms with Crippen molar-refractivity contribution < 1.29 is 13.2 Å². The van der Waals surface area contributed by atoms with E-state index in [4.69, 9.17) is 5.73 Å². The molecule has 1 amide bonds. The molecule has 0 radical (unpaired) electrons. The summed E-state index contributed by atoms with van der Waals surface area (Å²) in [6.07, 6.45) is 8.62. The molecule has 3 rings (SSSR count). The van der Waals surface area contributed by atoms with Crippen molar-refractivity contribution in [2.45, 2.75) is 57.0 Å². The zero-order valence-electron chi connectivity index (χ0n) is 13.8. The van der Waals surface area contributed by atoms with Gasteiger partial charge in [0.05, 0.1) is 5.75 Å². The second-order valence-electron chi connectivity index (χ2n) is 7.59. The van der Waals surface area contributed by atoms with Crippen LogP contribution in [0.3, 0.4) is 0 Å². The Kier molecular flexibility index (Phi) is 6.01. The summed E-state index contributed by atoms with van der Waals surface area (Å²) in [6.45, 7) is 0.361. The summed E-state index contributed by atoms with van der Waals surface area (Å²) >= 11 is 0. The highest BCUT2D eigenvalue weighted by atomic mass is 35.5. The van der Waals surface area contributed by atoms with E-state index >= 15 is 0 Å². The number of hydrogen-bond acceptors (Lipinski definition) is 4. The number of carbonyl (C=O) groups is 1. The van der Waals surface area contributed by atoms with E-state index in [1.54, 1.807) is 0 Å². The molecule has 2 unspecified atom stereocenters. The molecule has 0 heterocycles. The Morgan fingerprint density at radius 1 is 1.13 bits per heavy atom. The predicted molar refractivity (Wildman–Crippen MR) is 93.2 cm³/mol. The van der Waals surface area contributed by atoms with E-state index < -0.39 is 9.84 Å². The van der Waals surface area contributed by atoms with Gasteiger partial charge in [0, 0.05) is 30.8 Å². The van der Waals surface area contributed by atoms with Crippen LogP contribution >= 0.6 is 12.4 Å². The van der Waals surface area contributed by atoms with Gasteiger partial charge in [-0.3, -0.25) is 4.79 Å². The fraction of sp³-hybridized carbons (Fsp3) is 0.938. The van der Waals surface area contributed by atoms with Crippen LogP contribution in [0.5, 0.6) is 0 Å². The average molecular weight is 365 g/mol. The molecule has 2 bridgehead atoms. The van der Waals surface area contributed by atoms with Crippen molar-refractivity contribution in [2.24, 2.45) is 23.5 Å². The van der Waals surface area contributed by atoms with Crippen molar-refractivity contribution >= 4 is 28.2 Å². The Morgan fingerprint density at radius 3 is 2.17 bits per heavy atom. The van der Waals surface area contributed by atoms with Crippen molar-refractivity contribution in [3.63, 3.8) is 0 Å². The fourth-order valence-electron chi connectivity index (χ4n) is 4.35. The third kappa shape index (κ3) is 4.60. The van der Waals surface area contributed by atoms with Crippen molar-refractivity contribution in [1.82, 2.24) is 4.90 Å². The first-order valence-electron chi connectivity index (χ1n) is 8.59. The first-order valence-corrected chi connectivity index (χ1v) is 10.6. The number of amides is 1. The van der Waals surface area contributed by atoms with E-state index in [-0.39, 0.29) is 42.1 Å². The monoisotopic (exact) mass is 364 g/mol. The highest BCUT2D eigenvalue weighted by molar-refractivity contribution is 7.90. The van der Waals surface area contributed by atoms with Crippen LogP contribution in [0.15, 0.2) is 0 Å². The standard InChI is InChI=1S/C16H28N2O3S.ClH/c1-22(20,21)8-7-18(14-5-6-14)16(19)13-9-11-3-2-4-12(10-13)15(11)17;/h11-15H,2-10,17H2,1H3;1H. The molecule has 5 nitrogen and oxygen atoms in total. The molecular weight excluding hydrogens is 336 g/mol. The van der Waals surface area contributed by atoms with Crippen LogP contribution in [0.4, 0.5) is 0 Å². The van der Waals surface area contributed by atoms with Gasteiger partial charge in [0.25, 0.3) is 0 Å². The molecule has 7 heteroatoms. The lowest BCUT2D eigenvalue weighted by Gasteiger charge is -2.44. The number of carbonyl (C=O) groups excluding carboxylic acids is 1. The minimum Gasteiger partial charge on any atom is -0.338 e. The molecule has 2 N–H and O–H groups in total. The zero-order valence-corrected chi connectivity index (χ0v) is 15.4. The number of rotatable bonds is 5. The molecule has 3 saturated carbocycles. The summed E-state index contributed by atoms with van der Waals surface area (Å²) < 4.78 is 22.9. The SMILES string of the molecule is CS(=O)(=O)CCN(C(=O)C1CC2CCCC(C1)C2N)C1CC1.Cl. The predicted octanol–water partition coefficient (Wildman–Crippen LogP) is 1.60. The van der Waals surface area contributed by atoms with Gasteiger partial charge in [0.2, 0.25) is 5.91 Å². The van der Waals surface area contributed by atoms with E-state index in [9.17, 15) is 13.2 Å². The van der Waals surface area contributed by atoms with Gasteiger partial charge in [-0.1, -0.05) is 6.42 Å². The van der Waals surface area contributed by atoms with Crippen LogP contribution in [0.1, 0.15) is 44.9 Å². The molecule has 3 fully saturated rings. The molecule has 3 aliphatic carbocycles. The van der Waals surface area contributed by atoms with Crippen molar-refractivity contribution in [2.75, 3.05) is 18.6 Å². The molecule has 0 aromatic rings. The molecule has 0 spiro atoms. The lowest BCUT2D eigenvalue weighted by Crippen LogP contribution is -2.50. The van der Waals surface area contributed by atoms with E-state index in [1.807, 2.05) is 4.90 Å². The van der Waals surface area contributed by atoms with Crippen molar-refractivity contribution in [3.8, 4) is 0 Å². The largest absolute Gasteiger partial charge is 0.338 e. The van der Waals surface area contributed by atoms with Gasteiger partial charge in [0.15, 0.2) is 0 Å². The highest BCUT2D eigenvalue weighted by Crippen LogP contribution is 2.43. The molecule has 134 valence electrons. The maximum atomic E-state index is 12.9. The van der Waals surface area contributed by atoms with Gasteiger partial charge in [-0.05, 0) is 50.4 Å². The third-order valence-corrected chi connectivity index (χ3v) is 6.66. The smallest absolute Gasteiger partial charge is 0.225 e. The van der Waals surface area contributed by atoms with Crippen molar-refractivity contribution in [3.05, 3.63) is 0 Å². The van der Waals surface area contributed by atoms with Gasteiger partial charge in [-0.15, -0.1) is 12.4 Å². The molecule has 2 atom stereocenters. The Bertz CT molecular complexity index is 521. The maximum absolute atomic E-state index is 12.9. The summed E-state index contributed by atoms with van der Waals surface area (Å²) in [6, 6.07) is 0.549. The Hall–Kier alpha value is -0.330. The van der Waals surface area contributed by atoms with Gasteiger partial charge in [-0.25, -0.2) is 8.42 Å². The Morgan fingerprint density at radius 2 is 1.70 bits per heavy atom. The highest BCUT2D eigenvalue weighted by Gasteiger charge is 2.43. The number of sulfone groups is 1. The third-order valence-electron chi connectivity index (χ3n) is 5.74. The number of nitrogens with zero attached hydrogens (tertiary/aromatic N) is 1. The first kappa shape index (κ1) is 19.0. The van der Waals surface area contributed by atoms with Crippen LogP contribution in [0.25, 0.3) is 0 Å². The summed E-state index contributed by atoms with van der Waals surface area (Å²) in [5.74, 6) is 1.30. The van der Waals surface area contributed by atoms with Crippen LogP contribution in [0, 0.1) is 17.8 Å². The summed E-state index contributed by atoms with van der Waals surface area (Å²) in [5, 5.41) is 0. The Balaban J connectivity index is 0.00000192. The summed E-state index contributed by atoms with van der Waals surface area (Å²) in [7, 11) is -3.03. The molecule has 0 aliphatic heterocycles. The van der Waals surface area contributed by atoms with Gasteiger partial charge in [0.1, 0.15) is 9.84 Å². The van der Waals surface area contributed by atoms with E-state index in [0.29, 0.717) is 18.4 Å². The quantitative estimate of drug-likeness (QED) is 0.803. The van der Waals surface area contributed by atoms with Crippen LogP contribution in [-0.4, -0.2) is 49.9 Å². The topological polar surface area (TPSA) is 80.5 Å². The number of nitrogens with two attached hydrogens (primary N) is 1. The molecule has 0 aromatic heterocycles. The molecular formula is C16H29ClN2O3S. The second-order valence-corrected chi connectivity index (χ2v) is 9.85. The zero-order chi connectivity index (χ0) is 15.9. The lowest BCUT2D eigenvalue weighted by molar-refractivity contribution is -0.139. The molecule has 0 saturated heterocycles. The molecule has 0 aromatic carbocycles. The van der Waals surface area contributed by atoms with E-state index in [1.165, 1.54) is 12.7 Å². The van der Waals surface area contributed by atoms with Crippen LogP contribution in [-0.2, 0) is 14.6 Å². The van der Waals surface area contributed by atoms with Gasteiger partial charge < -0.3 is 10.6 Å². The molecule has 23 heavy (non-hydrogen) atoms. The normalized spacial score (nSPS) is 33.7. The van der Waals surface area contributed by atoms with Crippen LogP contribution < -0.4 is 5.73 Å². The van der Waals surface area contributed by atoms with Gasteiger partial charge >= 0.3 is 0 Å². The Labute approximate surface area is 145 Å². The number of fused-ring (bicyclic) bond motifs is 2. The lowest BCUT2D eigenvalue weighted by atomic mass is 9.65. The summed E-state index contributed by atoms with van der Waals surface area (Å²) in [5.41, 5.74) is 6.31. The van der Waals surface area contributed by atoms with Gasteiger partial charge in [-0.2, -0.15) is 0 Å². The van der Waals surface area contributed by atoms with E-state index in [2.05, 4.69) is 0 Å². The summed E-state index contributed by atoms with van der Waals surface area (Å²) in [4.78, 5) is 14.8. The molecule has 3 aliphatic rings. The fourth-order valence-corrected chi connectivity index (χ4v) is 4.88. The van der Waals surface area contributed by atoms with E-state index in [0.717, 1.165) is 38.5 Å². The number of hydrogen-bond donors (Lipinski definition) is 1.